The molecular weight excluding hydrogens is 328 g/mol. The van der Waals surface area contributed by atoms with Crippen LogP contribution < -0.4 is 5.32 Å². The molecule has 0 heterocycles. The van der Waals surface area contributed by atoms with Gasteiger partial charge in [0.1, 0.15) is 6.17 Å². The van der Waals surface area contributed by atoms with Crippen molar-refractivity contribution in [3.63, 3.8) is 0 Å². The summed E-state index contributed by atoms with van der Waals surface area (Å²) in [6, 6.07) is 0. The van der Waals surface area contributed by atoms with Gasteiger partial charge in [-0.25, -0.2) is 4.79 Å². The number of Topliss-reactive ketones (excluding diaryl/α,β-unsaturated/α-hetero) is 1. The van der Waals surface area contributed by atoms with E-state index in [9.17, 15) is 14.7 Å². The maximum absolute atomic E-state index is 12.0. The number of rotatable bonds is 16. The number of hydrogen-bond donors (Lipinski definition) is 2. The quantitative estimate of drug-likeness (QED) is 0.183. The lowest BCUT2D eigenvalue weighted by Gasteiger charge is -2.46. The number of unbranched alkanes of at least 4 members (excludes halogenated alkanes) is 9. The van der Waals surface area contributed by atoms with Gasteiger partial charge in [-0.05, 0) is 6.42 Å². The van der Waals surface area contributed by atoms with Gasteiger partial charge in [0.25, 0.3) is 5.54 Å². The minimum atomic E-state index is -1.44. The second kappa shape index (κ2) is 12.4. The van der Waals surface area contributed by atoms with Crippen LogP contribution in [0.5, 0.6) is 0 Å². The molecule has 0 aliphatic rings. The Morgan fingerprint density at radius 1 is 0.962 bits per heavy atom. The third-order valence-electron chi connectivity index (χ3n) is 6.19. The maximum atomic E-state index is 12.0. The molecule has 2 unspecified atom stereocenters. The molecule has 0 aliphatic carbocycles. The summed E-state index contributed by atoms with van der Waals surface area (Å²) in [6.45, 7) is 7.95. The molecule has 0 saturated heterocycles. The van der Waals surface area contributed by atoms with E-state index in [-0.39, 0.29) is 16.4 Å². The minimum Gasteiger partial charge on any atom is -0.476 e. The third-order valence-corrected chi connectivity index (χ3v) is 6.19. The summed E-state index contributed by atoms with van der Waals surface area (Å²) in [5, 5.41) is 13.0. The van der Waals surface area contributed by atoms with E-state index in [4.69, 9.17) is 0 Å². The highest BCUT2D eigenvalue weighted by atomic mass is 16.4. The monoisotopic (exact) mass is 371 g/mol. The number of nitrogens with one attached hydrogen (secondary N) is 1. The van der Waals surface area contributed by atoms with E-state index in [1.54, 1.807) is 0 Å². The van der Waals surface area contributed by atoms with Gasteiger partial charge >= 0.3 is 5.97 Å². The second-order valence-electron chi connectivity index (χ2n) is 8.29. The Morgan fingerprint density at radius 2 is 1.38 bits per heavy atom. The van der Waals surface area contributed by atoms with Crippen molar-refractivity contribution in [2.45, 2.75) is 104 Å². The number of carbonyl (C=O) groups is 2. The third kappa shape index (κ3) is 7.36. The number of likely N-dealkylation sites (N-methyl/N-ethyl adjacent to an activating group) is 1. The summed E-state index contributed by atoms with van der Waals surface area (Å²) in [4.78, 5) is 23.7. The summed E-state index contributed by atoms with van der Waals surface area (Å²) in [5.41, 5.74) is -1.44. The summed E-state index contributed by atoms with van der Waals surface area (Å²) in [7, 11) is 3.62. The molecule has 0 bridgehead atoms. The van der Waals surface area contributed by atoms with Crippen molar-refractivity contribution in [3.05, 3.63) is 0 Å². The van der Waals surface area contributed by atoms with Crippen molar-refractivity contribution in [1.82, 2.24) is 5.32 Å². The molecule has 0 aromatic rings. The predicted molar refractivity (Wildman–Crippen MR) is 108 cm³/mol. The lowest BCUT2D eigenvalue weighted by molar-refractivity contribution is -0.944. The summed E-state index contributed by atoms with van der Waals surface area (Å²) in [6.07, 6.45) is 12.9. The number of aliphatic carboxylic acids is 1. The summed E-state index contributed by atoms with van der Waals surface area (Å²) < 4.78 is 0.0927. The van der Waals surface area contributed by atoms with Crippen LogP contribution in [0.1, 0.15) is 91.9 Å². The Bertz CT molecular complexity index is 407. The van der Waals surface area contributed by atoms with E-state index < -0.39 is 11.5 Å². The molecule has 0 aromatic heterocycles. The van der Waals surface area contributed by atoms with Crippen molar-refractivity contribution in [2.75, 3.05) is 20.6 Å². The fraction of sp³-hybridized carbons (Fsp3) is 0.905. The first-order valence-corrected chi connectivity index (χ1v) is 10.4. The molecule has 26 heavy (non-hydrogen) atoms. The lowest BCUT2D eigenvalue weighted by atomic mass is 9.92. The smallest absolute Gasteiger partial charge is 0.373 e. The fourth-order valence-corrected chi connectivity index (χ4v) is 3.34. The molecule has 0 amide bonds. The van der Waals surface area contributed by atoms with Gasteiger partial charge in [-0.2, -0.15) is 0 Å². The molecule has 0 radical (unpaired) electrons. The Hall–Kier alpha value is -0.940. The predicted octanol–water partition coefficient (Wildman–Crippen LogP) is 4.35. The van der Waals surface area contributed by atoms with Crippen molar-refractivity contribution < 1.29 is 19.2 Å². The first kappa shape index (κ1) is 25.1. The zero-order chi connectivity index (χ0) is 20.2. The maximum Gasteiger partial charge on any atom is 0.373 e. The largest absolute Gasteiger partial charge is 0.476 e. The minimum absolute atomic E-state index is 0.0927. The average molecular weight is 372 g/mol. The zero-order valence-electron chi connectivity index (χ0n) is 18.1. The molecule has 5 nitrogen and oxygen atoms in total. The van der Waals surface area contributed by atoms with Gasteiger partial charge in [-0.1, -0.05) is 64.7 Å². The van der Waals surface area contributed by atoms with Gasteiger partial charge in [0.05, 0.1) is 14.1 Å². The van der Waals surface area contributed by atoms with E-state index >= 15 is 0 Å². The number of nitrogens with zero attached hydrogens (tertiary/aromatic N) is 1. The topological polar surface area (TPSA) is 66.4 Å². The van der Waals surface area contributed by atoms with Crippen LogP contribution in [0.2, 0.25) is 0 Å². The molecule has 0 fully saturated rings. The standard InChI is InChI=1S/C21H42N2O3/c1-7-8-9-10-11-12-13-14-15-16-17-22-19(3)23(5,6)21(4,18(2)24)20(25)26/h19,22H,7-17H2,1-6H3/p+1. The molecule has 2 atom stereocenters. The fourth-order valence-electron chi connectivity index (χ4n) is 3.34. The van der Waals surface area contributed by atoms with E-state index in [2.05, 4.69) is 12.2 Å². The number of ketones is 1. The first-order valence-electron chi connectivity index (χ1n) is 10.4. The van der Waals surface area contributed by atoms with E-state index in [1.165, 1.54) is 71.6 Å². The molecule has 0 rings (SSSR count). The van der Waals surface area contributed by atoms with Crippen LogP contribution >= 0.6 is 0 Å². The molecule has 5 heteroatoms. The van der Waals surface area contributed by atoms with Crippen LogP contribution in [-0.4, -0.2) is 53.7 Å². The van der Waals surface area contributed by atoms with Crippen LogP contribution in [-0.2, 0) is 9.59 Å². The molecule has 0 aliphatic heterocycles. The van der Waals surface area contributed by atoms with Gasteiger partial charge in [-0.15, -0.1) is 0 Å². The SMILES string of the molecule is CCCCCCCCCCCCNC(C)[N+](C)(C)C(C)(C(C)=O)C(=O)O. The van der Waals surface area contributed by atoms with Crippen LogP contribution in [0.25, 0.3) is 0 Å². The highest BCUT2D eigenvalue weighted by Gasteiger charge is 2.55. The van der Waals surface area contributed by atoms with Crippen LogP contribution in [0, 0.1) is 0 Å². The number of carboxylic acid groups (broad SMARTS) is 1. The van der Waals surface area contributed by atoms with Gasteiger partial charge in [-0.3, -0.25) is 14.6 Å². The van der Waals surface area contributed by atoms with Crippen molar-refractivity contribution >= 4 is 11.8 Å². The molecular formula is C21H43N2O3+. The van der Waals surface area contributed by atoms with Crippen LogP contribution in [0.3, 0.4) is 0 Å². The zero-order valence-corrected chi connectivity index (χ0v) is 18.1. The van der Waals surface area contributed by atoms with E-state index in [0.29, 0.717) is 0 Å². The highest BCUT2D eigenvalue weighted by Crippen LogP contribution is 2.25. The van der Waals surface area contributed by atoms with Crippen molar-refractivity contribution in [2.24, 2.45) is 0 Å². The molecule has 154 valence electrons. The highest BCUT2D eigenvalue weighted by molar-refractivity contribution is 6.04. The molecule has 0 spiro atoms. The van der Waals surface area contributed by atoms with Crippen LogP contribution in [0.15, 0.2) is 0 Å². The Kier molecular flexibility index (Phi) is 12.0. The van der Waals surface area contributed by atoms with Gasteiger partial charge < -0.3 is 5.11 Å². The molecule has 2 N–H and O–H groups in total. The first-order chi connectivity index (χ1) is 12.1. The molecule has 0 saturated carbocycles. The van der Waals surface area contributed by atoms with Crippen molar-refractivity contribution in [1.29, 1.82) is 0 Å². The van der Waals surface area contributed by atoms with Gasteiger partial charge in [0, 0.05) is 27.3 Å². The number of carboxylic acids is 1. The van der Waals surface area contributed by atoms with Crippen LogP contribution in [0.4, 0.5) is 0 Å². The number of quaternary nitrogens is 1. The van der Waals surface area contributed by atoms with Gasteiger partial charge in [0.2, 0.25) is 5.78 Å². The lowest BCUT2D eigenvalue weighted by Crippen LogP contribution is -2.72. The number of carbonyl (C=O) groups excluding carboxylic acids is 1. The summed E-state index contributed by atoms with van der Waals surface area (Å²) >= 11 is 0. The Balaban J connectivity index is 4.06. The second-order valence-corrected chi connectivity index (χ2v) is 8.29. The van der Waals surface area contributed by atoms with Crippen molar-refractivity contribution in [3.8, 4) is 0 Å². The average Bonchev–Trinajstić information content (AvgIpc) is 2.57. The number of hydrogen-bond acceptors (Lipinski definition) is 3. The Morgan fingerprint density at radius 3 is 1.77 bits per heavy atom. The summed E-state index contributed by atoms with van der Waals surface area (Å²) in [5.74, 6) is -1.38. The van der Waals surface area contributed by atoms with Gasteiger partial charge in [0.15, 0.2) is 0 Å². The van der Waals surface area contributed by atoms with E-state index in [0.717, 1.165) is 13.0 Å². The normalized spacial score (nSPS) is 15.5. The Labute approximate surface area is 161 Å². The van der Waals surface area contributed by atoms with E-state index in [1.807, 2.05) is 21.0 Å². The molecule has 0 aromatic carbocycles.